The number of carbonyl (C=O) groups excluding carboxylic acids is 1. The number of carbonyl (C=O) groups is 2. The molecule has 2 aromatic heterocycles. The molecule has 0 aliphatic carbocycles. The number of anilines is 1. The maximum Gasteiger partial charge on any atom is 0.309 e. The fraction of sp³-hybridized carbons (Fsp3) is 0.276. The number of aliphatic carboxylic acids is 1. The monoisotopic (exact) mass is 518 g/mol. The lowest BCUT2D eigenvalue weighted by atomic mass is 10.0. The Bertz CT molecular complexity index is 1320. The summed E-state index contributed by atoms with van der Waals surface area (Å²) in [6, 6.07) is 21.0. The first-order valence-corrected chi connectivity index (χ1v) is 12.8. The molecule has 4 aromatic rings. The third-order valence-corrected chi connectivity index (χ3v) is 6.60. The van der Waals surface area contributed by atoms with Crippen molar-refractivity contribution in [3.8, 4) is 0 Å². The average Bonchev–Trinajstić information content (AvgIpc) is 3.52. The van der Waals surface area contributed by atoms with Crippen LogP contribution in [0.1, 0.15) is 48.5 Å². The Kier molecular flexibility index (Phi) is 8.80. The lowest BCUT2D eigenvalue weighted by molar-refractivity contribution is -0.136. The molecule has 2 heterocycles. The molecular formula is C29H31ClN4O3. The van der Waals surface area contributed by atoms with E-state index < -0.39 is 5.97 Å². The number of hydrogen-bond acceptors (Lipinski definition) is 3. The van der Waals surface area contributed by atoms with Crippen LogP contribution < -0.4 is 5.32 Å². The Hall–Kier alpha value is -3.84. The predicted octanol–water partition coefficient (Wildman–Crippen LogP) is 5.78. The summed E-state index contributed by atoms with van der Waals surface area (Å²) in [6.07, 6.45) is 6.86. The van der Waals surface area contributed by atoms with E-state index >= 15 is 0 Å². The van der Waals surface area contributed by atoms with E-state index in [0.29, 0.717) is 24.3 Å². The molecule has 0 unspecified atom stereocenters. The van der Waals surface area contributed by atoms with Gasteiger partial charge in [0.05, 0.1) is 12.1 Å². The second kappa shape index (κ2) is 12.4. The second-order valence-corrected chi connectivity index (χ2v) is 9.41. The number of benzene rings is 2. The van der Waals surface area contributed by atoms with E-state index in [4.69, 9.17) is 11.6 Å². The van der Waals surface area contributed by atoms with E-state index in [1.807, 2.05) is 88.3 Å². The highest BCUT2D eigenvalue weighted by atomic mass is 35.5. The first-order valence-electron chi connectivity index (χ1n) is 12.5. The zero-order valence-corrected chi connectivity index (χ0v) is 21.6. The van der Waals surface area contributed by atoms with E-state index in [2.05, 4.69) is 17.2 Å². The zero-order chi connectivity index (χ0) is 26.2. The second-order valence-electron chi connectivity index (χ2n) is 9.05. The van der Waals surface area contributed by atoms with Crippen molar-refractivity contribution >= 4 is 29.2 Å². The smallest absolute Gasteiger partial charge is 0.309 e. The normalized spacial score (nSPS) is 11.8. The Morgan fingerprint density at radius 3 is 2.35 bits per heavy atom. The maximum atomic E-state index is 13.3. The van der Waals surface area contributed by atoms with Gasteiger partial charge in [0.1, 0.15) is 11.9 Å². The molecule has 0 aliphatic heterocycles. The van der Waals surface area contributed by atoms with Gasteiger partial charge in [0.25, 0.3) is 0 Å². The van der Waals surface area contributed by atoms with Gasteiger partial charge in [-0.15, -0.1) is 0 Å². The quantitative estimate of drug-likeness (QED) is 0.249. The maximum absolute atomic E-state index is 13.3. The van der Waals surface area contributed by atoms with Crippen LogP contribution in [0.3, 0.4) is 0 Å². The SMILES string of the molecule is CCCCc1nc(Cl)c(CC(=O)O)n1Cc1ccc(NC(=O)[C@H](Cc2ccccc2)n2cccc2)cc1. The van der Waals surface area contributed by atoms with Crippen molar-refractivity contribution in [2.45, 2.75) is 51.6 Å². The van der Waals surface area contributed by atoms with E-state index in [1.54, 1.807) is 0 Å². The van der Waals surface area contributed by atoms with Crippen molar-refractivity contribution in [2.75, 3.05) is 5.32 Å². The molecule has 192 valence electrons. The van der Waals surface area contributed by atoms with Crippen LogP contribution in [0.2, 0.25) is 5.15 Å². The first-order chi connectivity index (χ1) is 17.9. The highest BCUT2D eigenvalue weighted by molar-refractivity contribution is 6.30. The van der Waals surface area contributed by atoms with Crippen LogP contribution in [0, 0.1) is 0 Å². The lowest BCUT2D eigenvalue weighted by Gasteiger charge is -2.19. The fourth-order valence-electron chi connectivity index (χ4n) is 4.36. The molecule has 4 rings (SSSR count). The summed E-state index contributed by atoms with van der Waals surface area (Å²) < 4.78 is 3.82. The van der Waals surface area contributed by atoms with Gasteiger partial charge >= 0.3 is 5.97 Å². The zero-order valence-electron chi connectivity index (χ0n) is 20.8. The molecule has 7 nitrogen and oxygen atoms in total. The number of aryl methyl sites for hydroxylation is 1. The molecule has 0 saturated carbocycles. The van der Waals surface area contributed by atoms with Gasteiger partial charge in [-0.2, -0.15) is 0 Å². The van der Waals surface area contributed by atoms with Crippen molar-refractivity contribution in [3.63, 3.8) is 0 Å². The standard InChI is InChI=1S/C29H31ClN4O3/c1-2-3-11-26-32-28(30)24(19-27(35)36)34(26)20-22-12-14-23(15-13-22)31-29(37)25(33-16-7-8-17-33)18-21-9-5-4-6-10-21/h4-10,12-17,25H,2-3,11,18-20H2,1H3,(H,31,37)(H,35,36)/t25-/m0/s1. The number of halogens is 1. The number of amides is 1. The molecule has 0 saturated heterocycles. The number of imidazole rings is 1. The Morgan fingerprint density at radius 2 is 1.70 bits per heavy atom. The van der Waals surface area contributed by atoms with Crippen LogP contribution in [0.25, 0.3) is 0 Å². The summed E-state index contributed by atoms with van der Waals surface area (Å²) in [7, 11) is 0. The lowest BCUT2D eigenvalue weighted by Crippen LogP contribution is -2.27. The van der Waals surface area contributed by atoms with Gasteiger partial charge in [0, 0.05) is 37.5 Å². The van der Waals surface area contributed by atoms with Crippen LogP contribution in [0.4, 0.5) is 5.69 Å². The molecule has 37 heavy (non-hydrogen) atoms. The van der Waals surface area contributed by atoms with Crippen LogP contribution in [-0.4, -0.2) is 31.1 Å². The van der Waals surface area contributed by atoms with E-state index in [0.717, 1.165) is 36.2 Å². The van der Waals surface area contributed by atoms with E-state index in [1.165, 1.54) is 0 Å². The molecule has 2 N–H and O–H groups in total. The van der Waals surface area contributed by atoms with Crippen molar-refractivity contribution in [1.29, 1.82) is 0 Å². The summed E-state index contributed by atoms with van der Waals surface area (Å²) in [4.78, 5) is 29.1. The third kappa shape index (κ3) is 6.89. The summed E-state index contributed by atoms with van der Waals surface area (Å²) in [6.45, 7) is 2.55. The number of rotatable bonds is 12. The molecule has 1 atom stereocenters. The van der Waals surface area contributed by atoms with Gasteiger partial charge in [-0.3, -0.25) is 9.59 Å². The minimum absolute atomic E-state index is 0.0974. The third-order valence-electron chi connectivity index (χ3n) is 6.30. The molecule has 0 spiro atoms. The first kappa shape index (κ1) is 26.2. The van der Waals surface area contributed by atoms with Crippen molar-refractivity contribution in [3.05, 3.63) is 107 Å². The predicted molar refractivity (Wildman–Crippen MR) is 145 cm³/mol. The molecule has 2 aromatic carbocycles. The number of nitrogens with one attached hydrogen (secondary N) is 1. The van der Waals surface area contributed by atoms with Gasteiger partial charge < -0.3 is 19.6 Å². The molecule has 0 bridgehead atoms. The Balaban J connectivity index is 1.49. The number of carboxylic acids is 1. The molecule has 0 radical (unpaired) electrons. The molecular weight excluding hydrogens is 488 g/mol. The summed E-state index contributed by atoms with van der Waals surface area (Å²) in [5.74, 6) is -0.258. The highest BCUT2D eigenvalue weighted by Gasteiger charge is 2.21. The van der Waals surface area contributed by atoms with Crippen molar-refractivity contribution < 1.29 is 14.7 Å². The van der Waals surface area contributed by atoms with E-state index in [9.17, 15) is 14.7 Å². The van der Waals surface area contributed by atoms with Gasteiger partial charge in [-0.05, 0) is 41.8 Å². The van der Waals surface area contributed by atoms with Gasteiger partial charge in [0.2, 0.25) is 5.91 Å². The van der Waals surface area contributed by atoms with Crippen LogP contribution in [0.5, 0.6) is 0 Å². The minimum Gasteiger partial charge on any atom is -0.481 e. The number of hydrogen-bond donors (Lipinski definition) is 2. The largest absolute Gasteiger partial charge is 0.481 e. The van der Waals surface area contributed by atoms with Crippen molar-refractivity contribution in [2.24, 2.45) is 0 Å². The molecule has 1 amide bonds. The van der Waals surface area contributed by atoms with Crippen LogP contribution in [-0.2, 0) is 35.4 Å². The summed E-state index contributed by atoms with van der Waals surface area (Å²) >= 11 is 6.31. The fourth-order valence-corrected chi connectivity index (χ4v) is 4.62. The van der Waals surface area contributed by atoms with Gasteiger partial charge in [0.15, 0.2) is 5.15 Å². The van der Waals surface area contributed by atoms with E-state index in [-0.39, 0.29) is 23.5 Å². The highest BCUT2D eigenvalue weighted by Crippen LogP contribution is 2.23. The average molecular weight is 519 g/mol. The van der Waals surface area contributed by atoms with Crippen molar-refractivity contribution in [1.82, 2.24) is 14.1 Å². The Labute approximate surface area is 221 Å². The number of unbranched alkanes of at least 4 members (excludes halogenated alkanes) is 1. The molecule has 0 aliphatic rings. The number of carboxylic acid groups (broad SMARTS) is 1. The molecule has 8 heteroatoms. The summed E-state index contributed by atoms with van der Waals surface area (Å²) in [5, 5.41) is 12.6. The number of aromatic nitrogens is 3. The van der Waals surface area contributed by atoms with Crippen LogP contribution >= 0.6 is 11.6 Å². The van der Waals surface area contributed by atoms with Crippen LogP contribution in [0.15, 0.2) is 79.1 Å². The minimum atomic E-state index is -0.948. The topological polar surface area (TPSA) is 89.2 Å². The Morgan fingerprint density at radius 1 is 1.00 bits per heavy atom. The van der Waals surface area contributed by atoms with Gasteiger partial charge in [-0.25, -0.2) is 4.98 Å². The summed E-state index contributed by atoms with van der Waals surface area (Å²) in [5.41, 5.74) is 3.25. The molecule has 0 fully saturated rings. The number of nitrogens with zero attached hydrogens (tertiary/aromatic N) is 3. The van der Waals surface area contributed by atoms with Gasteiger partial charge in [-0.1, -0.05) is 67.4 Å².